The monoisotopic (exact) mass is 575 g/mol. The topological polar surface area (TPSA) is 111 Å². The second-order valence-corrected chi connectivity index (χ2v) is 11.3. The number of benzene rings is 3. The lowest BCUT2D eigenvalue weighted by atomic mass is 10.0. The summed E-state index contributed by atoms with van der Waals surface area (Å²) in [5.74, 6) is -0.279. The quantitative estimate of drug-likeness (QED) is 0.258. The molecule has 40 heavy (non-hydrogen) atoms. The van der Waals surface area contributed by atoms with Crippen LogP contribution in [0.5, 0.6) is 11.8 Å². The smallest absolute Gasteiger partial charge is 0.416 e. The molecule has 0 aliphatic heterocycles. The molecule has 2 N–H and O–H groups in total. The number of nitrogens with zero attached hydrogens (tertiary/aromatic N) is 2. The zero-order valence-electron chi connectivity index (χ0n) is 21.8. The van der Waals surface area contributed by atoms with Crippen molar-refractivity contribution < 1.29 is 36.2 Å². The number of amides is 1. The van der Waals surface area contributed by atoms with E-state index in [4.69, 9.17) is 4.74 Å². The van der Waals surface area contributed by atoms with E-state index in [9.17, 15) is 31.5 Å². The van der Waals surface area contributed by atoms with Crippen molar-refractivity contribution in [3.8, 4) is 11.8 Å². The van der Waals surface area contributed by atoms with Gasteiger partial charge in [-0.25, -0.2) is 8.42 Å². The number of fused-ring (bicyclic) bond motifs is 1. The predicted octanol–water partition coefficient (Wildman–Crippen LogP) is 5.51. The Morgan fingerprint density at radius 2 is 1.73 bits per heavy atom. The summed E-state index contributed by atoms with van der Waals surface area (Å²) in [6.45, 7) is 3.67. The molecule has 1 amide bonds. The van der Waals surface area contributed by atoms with Gasteiger partial charge in [-0.15, -0.1) is 0 Å². The van der Waals surface area contributed by atoms with E-state index in [1.54, 1.807) is 41.8 Å². The highest BCUT2D eigenvalue weighted by Gasteiger charge is 2.30. The Morgan fingerprint density at radius 3 is 2.30 bits per heavy atom. The largest absolute Gasteiger partial charge is 0.425 e. The number of nitrogens with one attached hydrogen (secondary N) is 1. The van der Waals surface area contributed by atoms with E-state index in [1.165, 1.54) is 24.3 Å². The van der Waals surface area contributed by atoms with Crippen LogP contribution >= 0.6 is 0 Å². The van der Waals surface area contributed by atoms with Gasteiger partial charge in [-0.2, -0.15) is 18.2 Å². The van der Waals surface area contributed by atoms with Crippen molar-refractivity contribution in [1.82, 2.24) is 14.9 Å². The number of hydrogen-bond donors (Lipinski definition) is 2. The van der Waals surface area contributed by atoms with Crippen LogP contribution in [0.2, 0.25) is 0 Å². The third-order valence-corrected chi connectivity index (χ3v) is 8.18. The Bertz CT molecular complexity index is 1600. The molecular weight excluding hydrogens is 547 g/mol. The molecule has 1 atom stereocenters. The molecule has 212 valence electrons. The van der Waals surface area contributed by atoms with Crippen LogP contribution in [0.1, 0.15) is 47.8 Å². The molecule has 0 bridgehead atoms. The van der Waals surface area contributed by atoms with E-state index in [1.807, 2.05) is 6.92 Å². The highest BCUT2D eigenvalue weighted by atomic mass is 32.2. The summed E-state index contributed by atoms with van der Waals surface area (Å²) >= 11 is 0. The second-order valence-electron chi connectivity index (χ2n) is 8.98. The fourth-order valence-electron chi connectivity index (χ4n) is 4.22. The number of aliphatic hydroxyl groups excluding tert-OH is 1. The van der Waals surface area contributed by atoms with Crippen LogP contribution in [0.3, 0.4) is 0 Å². The Kier molecular flexibility index (Phi) is 8.50. The SMILES string of the molecule is CCn1c(Oc2ccc(C(F)(F)F)cc2)nc2cc(C(=O)N[C@@H](CCO)c3ccc(S(=O)(=O)CC)cc3)ccc21. The number of hydrogen-bond acceptors (Lipinski definition) is 6. The third kappa shape index (κ3) is 6.28. The molecule has 0 aliphatic rings. The summed E-state index contributed by atoms with van der Waals surface area (Å²) in [5, 5.41) is 12.4. The highest BCUT2D eigenvalue weighted by Crippen LogP contribution is 2.32. The number of aromatic nitrogens is 2. The molecule has 4 aromatic rings. The molecule has 0 saturated heterocycles. The van der Waals surface area contributed by atoms with Crippen LogP contribution < -0.4 is 10.1 Å². The van der Waals surface area contributed by atoms with E-state index in [0.717, 1.165) is 12.1 Å². The minimum Gasteiger partial charge on any atom is -0.425 e. The molecule has 0 spiro atoms. The van der Waals surface area contributed by atoms with E-state index >= 15 is 0 Å². The second kappa shape index (κ2) is 11.7. The highest BCUT2D eigenvalue weighted by molar-refractivity contribution is 7.91. The first-order valence-corrected chi connectivity index (χ1v) is 14.2. The van der Waals surface area contributed by atoms with Gasteiger partial charge in [0.25, 0.3) is 5.91 Å². The number of imidazole rings is 1. The van der Waals surface area contributed by atoms with Crippen molar-refractivity contribution in [2.75, 3.05) is 12.4 Å². The average Bonchev–Trinajstić information content (AvgIpc) is 3.28. The Labute approximate surface area is 229 Å². The van der Waals surface area contributed by atoms with Crippen molar-refractivity contribution in [3.05, 3.63) is 83.4 Å². The minimum atomic E-state index is -4.46. The Hall–Kier alpha value is -3.90. The zero-order chi connectivity index (χ0) is 29.1. The molecule has 1 heterocycles. The van der Waals surface area contributed by atoms with Gasteiger partial charge >= 0.3 is 12.2 Å². The normalized spacial score (nSPS) is 12.8. The van der Waals surface area contributed by atoms with Crippen LogP contribution in [0.4, 0.5) is 13.2 Å². The van der Waals surface area contributed by atoms with Gasteiger partial charge < -0.3 is 15.2 Å². The number of sulfone groups is 1. The minimum absolute atomic E-state index is 0.0312. The molecule has 8 nitrogen and oxygen atoms in total. The summed E-state index contributed by atoms with van der Waals surface area (Å²) < 4.78 is 70.3. The number of aliphatic hydroxyl groups is 1. The summed E-state index contributed by atoms with van der Waals surface area (Å²) in [6, 6.07) is 14.9. The Morgan fingerprint density at radius 1 is 1.05 bits per heavy atom. The van der Waals surface area contributed by atoms with Gasteiger partial charge in [-0.3, -0.25) is 9.36 Å². The van der Waals surface area contributed by atoms with Crippen molar-refractivity contribution in [2.24, 2.45) is 0 Å². The first-order valence-electron chi connectivity index (χ1n) is 12.6. The molecule has 0 saturated carbocycles. The lowest BCUT2D eigenvalue weighted by Crippen LogP contribution is -2.29. The maximum Gasteiger partial charge on any atom is 0.416 e. The van der Waals surface area contributed by atoms with Gasteiger partial charge in [0.2, 0.25) is 0 Å². The van der Waals surface area contributed by atoms with E-state index in [0.29, 0.717) is 28.7 Å². The molecular formula is C28H28F3N3O5S. The lowest BCUT2D eigenvalue weighted by Gasteiger charge is -2.19. The lowest BCUT2D eigenvalue weighted by molar-refractivity contribution is -0.137. The Balaban J connectivity index is 1.56. The van der Waals surface area contributed by atoms with E-state index in [2.05, 4.69) is 10.3 Å². The molecule has 3 aromatic carbocycles. The van der Waals surface area contributed by atoms with Crippen molar-refractivity contribution in [2.45, 2.75) is 43.9 Å². The molecule has 0 unspecified atom stereocenters. The van der Waals surface area contributed by atoms with Gasteiger partial charge in [0.05, 0.1) is 33.3 Å². The summed E-state index contributed by atoms with van der Waals surface area (Å²) in [5.41, 5.74) is 1.26. The maximum absolute atomic E-state index is 13.1. The van der Waals surface area contributed by atoms with E-state index < -0.39 is 33.5 Å². The molecule has 0 aliphatic carbocycles. The number of alkyl halides is 3. The fourth-order valence-corrected chi connectivity index (χ4v) is 5.10. The number of ether oxygens (including phenoxy) is 1. The predicted molar refractivity (Wildman–Crippen MR) is 143 cm³/mol. The van der Waals surface area contributed by atoms with Gasteiger partial charge in [0, 0.05) is 18.7 Å². The molecule has 0 radical (unpaired) electrons. The van der Waals surface area contributed by atoms with E-state index in [-0.39, 0.29) is 35.4 Å². The maximum atomic E-state index is 13.1. The molecule has 0 fully saturated rings. The standard InChI is InChI=1S/C28H28F3N3O5S/c1-3-34-25-14-7-19(17-24(25)33-27(34)39-21-10-8-20(9-11-21)28(29,30)31)26(36)32-23(15-16-35)18-5-12-22(13-6-18)40(37,38)4-2/h5-14,17,23,35H,3-4,15-16H2,1-2H3,(H,32,36)/t23-/m0/s1. The van der Waals surface area contributed by atoms with Crippen LogP contribution in [0.15, 0.2) is 71.6 Å². The number of carbonyl (C=O) groups excluding carboxylic acids is 1. The van der Waals surface area contributed by atoms with Gasteiger partial charge in [0.1, 0.15) is 5.75 Å². The van der Waals surface area contributed by atoms with Gasteiger partial charge in [-0.05, 0) is 73.5 Å². The fraction of sp³-hybridized carbons (Fsp3) is 0.286. The third-order valence-electron chi connectivity index (χ3n) is 6.43. The van der Waals surface area contributed by atoms with Gasteiger partial charge in [0.15, 0.2) is 9.84 Å². The zero-order valence-corrected chi connectivity index (χ0v) is 22.6. The number of rotatable bonds is 10. The average molecular weight is 576 g/mol. The van der Waals surface area contributed by atoms with Crippen LogP contribution in [0.25, 0.3) is 11.0 Å². The summed E-state index contributed by atoms with van der Waals surface area (Å²) in [6.07, 6.45) is -4.25. The van der Waals surface area contributed by atoms with Crippen molar-refractivity contribution in [3.63, 3.8) is 0 Å². The molecule has 4 rings (SSSR count). The number of aryl methyl sites for hydroxylation is 1. The number of halogens is 3. The van der Waals surface area contributed by atoms with Gasteiger partial charge in [-0.1, -0.05) is 19.1 Å². The van der Waals surface area contributed by atoms with Crippen molar-refractivity contribution in [1.29, 1.82) is 0 Å². The summed E-state index contributed by atoms with van der Waals surface area (Å²) in [7, 11) is -3.37. The van der Waals surface area contributed by atoms with Crippen LogP contribution in [-0.2, 0) is 22.6 Å². The first-order chi connectivity index (χ1) is 19.0. The molecule has 12 heteroatoms. The first kappa shape index (κ1) is 29.1. The molecule has 1 aromatic heterocycles. The number of carbonyl (C=O) groups is 1. The van der Waals surface area contributed by atoms with Crippen LogP contribution in [-0.4, -0.2) is 41.3 Å². The van der Waals surface area contributed by atoms with Crippen molar-refractivity contribution >= 4 is 26.8 Å². The summed E-state index contributed by atoms with van der Waals surface area (Å²) in [4.78, 5) is 17.8. The van der Waals surface area contributed by atoms with Crippen LogP contribution in [0, 0.1) is 0 Å².